The van der Waals surface area contributed by atoms with Crippen LogP contribution in [0.1, 0.15) is 158 Å². The van der Waals surface area contributed by atoms with Gasteiger partial charge in [0, 0.05) is 0 Å². The molecule has 0 bridgehead atoms. The molecule has 0 radical (unpaired) electrons. The molecule has 0 aromatic heterocycles. The van der Waals surface area contributed by atoms with Crippen molar-refractivity contribution in [2.24, 2.45) is 23.7 Å². The van der Waals surface area contributed by atoms with E-state index in [9.17, 15) is 0 Å². The Bertz CT molecular complexity index is 318. The Morgan fingerprint density at radius 1 is 0.303 bits per heavy atom. The van der Waals surface area contributed by atoms with E-state index in [1.54, 1.807) is 50.3 Å². The summed E-state index contributed by atoms with van der Waals surface area (Å²) < 4.78 is 0. The van der Waals surface area contributed by atoms with E-state index in [1.807, 2.05) is 0 Å². The van der Waals surface area contributed by atoms with Gasteiger partial charge in [-0.2, -0.15) is 0 Å². The van der Waals surface area contributed by atoms with Gasteiger partial charge in [0.2, 0.25) is 0 Å². The quantitative estimate of drug-likeness (QED) is 0.0943. The maximum atomic E-state index is 2.39. The fourth-order valence-corrected chi connectivity index (χ4v) is 11.2. The molecule has 0 aliphatic carbocycles. The second kappa shape index (κ2) is 21.7. The van der Waals surface area contributed by atoms with E-state index in [1.165, 1.54) is 77.0 Å². The molecule has 0 saturated carbocycles. The van der Waals surface area contributed by atoms with E-state index < -0.39 is 7.26 Å². The Balaban J connectivity index is 4.87. The molecule has 0 aromatic rings. The zero-order valence-corrected chi connectivity index (χ0v) is 26.0. The second-order valence-electron chi connectivity index (χ2n) is 13.5. The molecule has 0 heterocycles. The molecule has 0 aromatic carbocycles. The van der Waals surface area contributed by atoms with Crippen LogP contribution in [-0.2, 0) is 0 Å². The summed E-state index contributed by atoms with van der Waals surface area (Å²) in [6.45, 7) is 19.1. The molecule has 0 unspecified atom stereocenters. The van der Waals surface area contributed by atoms with E-state index in [0.29, 0.717) is 0 Å². The van der Waals surface area contributed by atoms with Crippen LogP contribution >= 0.6 is 7.26 Å². The van der Waals surface area contributed by atoms with Gasteiger partial charge in [-0.3, -0.25) is 0 Å². The van der Waals surface area contributed by atoms with Gasteiger partial charge in [-0.1, -0.05) is 0 Å². The monoisotopic (exact) mass is 485 g/mol. The first-order valence-electron chi connectivity index (χ1n) is 15.7. The van der Waals surface area contributed by atoms with Crippen LogP contribution in [0.15, 0.2) is 0 Å². The Morgan fingerprint density at radius 2 is 0.515 bits per heavy atom. The molecule has 0 aliphatic rings. The van der Waals surface area contributed by atoms with Gasteiger partial charge in [-0.25, -0.2) is 0 Å². The average molecular weight is 485 g/mol. The molecule has 0 nitrogen and oxygen atoms in total. The van der Waals surface area contributed by atoms with Gasteiger partial charge < -0.3 is 0 Å². The van der Waals surface area contributed by atoms with Crippen molar-refractivity contribution in [2.75, 3.05) is 24.6 Å². The van der Waals surface area contributed by atoms with Crippen LogP contribution in [0.25, 0.3) is 0 Å². The first kappa shape index (κ1) is 33.4. The maximum absolute atomic E-state index is 2.39. The van der Waals surface area contributed by atoms with Crippen molar-refractivity contribution in [3.63, 3.8) is 0 Å². The molecular formula is C32H69P. The number of unbranched alkanes of at least 4 members (excludes halogenated alkanes) is 8. The Kier molecular flexibility index (Phi) is 22.0. The van der Waals surface area contributed by atoms with Crippen molar-refractivity contribution in [1.29, 1.82) is 0 Å². The fourth-order valence-electron chi connectivity index (χ4n) is 5.67. The van der Waals surface area contributed by atoms with Crippen LogP contribution in [0.4, 0.5) is 0 Å². The van der Waals surface area contributed by atoms with Crippen LogP contribution in [-0.4, -0.2) is 24.6 Å². The number of hydrogen-bond donors (Lipinski definition) is 0. The summed E-state index contributed by atoms with van der Waals surface area (Å²) in [6.07, 6.45) is 30.4. The van der Waals surface area contributed by atoms with E-state index in [2.05, 4.69) is 55.4 Å². The summed E-state index contributed by atoms with van der Waals surface area (Å²) >= 11 is 0. The molecule has 0 atom stereocenters. The molecule has 0 amide bonds. The van der Waals surface area contributed by atoms with Crippen LogP contribution in [0, 0.1) is 23.7 Å². The summed E-state index contributed by atoms with van der Waals surface area (Å²) in [5.74, 6) is 3.54. The third kappa shape index (κ3) is 22.6. The molecular weight excluding hydrogens is 415 g/mol. The fraction of sp³-hybridized carbons (Fsp3) is 1.00. The second-order valence-corrected chi connectivity index (χ2v) is 18.5. The summed E-state index contributed by atoms with van der Waals surface area (Å²) in [5, 5.41) is 0. The predicted molar refractivity (Wildman–Crippen MR) is 161 cm³/mol. The van der Waals surface area contributed by atoms with E-state index >= 15 is 0 Å². The van der Waals surface area contributed by atoms with Crippen molar-refractivity contribution >= 4 is 7.26 Å². The molecule has 33 heavy (non-hydrogen) atoms. The Labute approximate surface area is 213 Å². The third-order valence-electron chi connectivity index (χ3n) is 7.95. The number of hydrogen-bond acceptors (Lipinski definition) is 0. The van der Waals surface area contributed by atoms with Crippen molar-refractivity contribution < 1.29 is 0 Å². The average Bonchev–Trinajstić information content (AvgIpc) is 2.71. The number of rotatable bonds is 24. The molecule has 0 N–H and O–H groups in total. The third-order valence-corrected chi connectivity index (χ3v) is 13.6. The van der Waals surface area contributed by atoms with Crippen molar-refractivity contribution in [1.82, 2.24) is 0 Å². The van der Waals surface area contributed by atoms with Crippen LogP contribution < -0.4 is 0 Å². The molecule has 0 aliphatic heterocycles. The topological polar surface area (TPSA) is 0 Å². The molecule has 0 spiro atoms. The van der Waals surface area contributed by atoms with Gasteiger partial charge in [0.1, 0.15) is 0 Å². The van der Waals surface area contributed by atoms with Crippen LogP contribution in [0.3, 0.4) is 0 Å². The minimum atomic E-state index is -1.10. The van der Waals surface area contributed by atoms with Crippen LogP contribution in [0.2, 0.25) is 0 Å². The Hall–Kier alpha value is 0.430. The van der Waals surface area contributed by atoms with Gasteiger partial charge in [-0.05, 0) is 0 Å². The first-order chi connectivity index (χ1) is 15.7. The van der Waals surface area contributed by atoms with Crippen molar-refractivity contribution in [3.05, 3.63) is 0 Å². The summed E-state index contributed by atoms with van der Waals surface area (Å²) in [5.41, 5.74) is 0. The van der Waals surface area contributed by atoms with E-state index in [0.717, 1.165) is 23.7 Å². The van der Waals surface area contributed by atoms with Gasteiger partial charge >= 0.3 is 214 Å². The molecule has 0 fully saturated rings. The van der Waals surface area contributed by atoms with Crippen molar-refractivity contribution in [3.8, 4) is 0 Å². The van der Waals surface area contributed by atoms with Gasteiger partial charge in [0.15, 0.2) is 0 Å². The van der Waals surface area contributed by atoms with Gasteiger partial charge in [0.25, 0.3) is 0 Å². The van der Waals surface area contributed by atoms with Gasteiger partial charge in [-0.15, -0.1) is 0 Å². The summed E-state index contributed by atoms with van der Waals surface area (Å²) in [7, 11) is -1.10. The first-order valence-corrected chi connectivity index (χ1v) is 18.5. The zero-order valence-electron chi connectivity index (χ0n) is 25.0. The molecule has 1 heteroatoms. The van der Waals surface area contributed by atoms with Crippen LogP contribution in [0.5, 0.6) is 0 Å². The standard InChI is InChI=1S/C32H69P/c1-29(2)21-13-9-17-25-33(26-18-10-14-22-30(3)4,27-19-11-15-23-31(5)6)28-20-12-16-24-32(7)8/h29-33H,9-28H2,1-8H3. The molecule has 202 valence electrons. The zero-order chi connectivity index (χ0) is 25.0. The predicted octanol–water partition coefficient (Wildman–Crippen LogP) is 11.6. The van der Waals surface area contributed by atoms with Gasteiger partial charge in [0.05, 0.1) is 0 Å². The molecule has 0 saturated heterocycles. The summed E-state index contributed by atoms with van der Waals surface area (Å²) in [6, 6.07) is 0. The molecule has 0 rings (SSSR count). The van der Waals surface area contributed by atoms with E-state index in [-0.39, 0.29) is 0 Å². The summed E-state index contributed by atoms with van der Waals surface area (Å²) in [4.78, 5) is 0. The Morgan fingerprint density at radius 3 is 0.697 bits per heavy atom. The van der Waals surface area contributed by atoms with E-state index in [4.69, 9.17) is 0 Å². The SMILES string of the molecule is CC(C)CCCCC[PH](CCCCCC(C)C)(CCCCCC(C)C)CCCCCC(C)C. The van der Waals surface area contributed by atoms with Crippen molar-refractivity contribution in [2.45, 2.75) is 158 Å². The normalized spacial score (nSPS) is 13.2. The minimum absolute atomic E-state index is 0.884.